The van der Waals surface area contributed by atoms with E-state index in [0.717, 1.165) is 0 Å². The summed E-state index contributed by atoms with van der Waals surface area (Å²) in [6.07, 6.45) is 6.41. The normalized spacial score (nSPS) is 10.4. The highest BCUT2D eigenvalue weighted by Crippen LogP contribution is 2.28. The van der Waals surface area contributed by atoms with Gasteiger partial charge in [0, 0.05) is 24.0 Å². The molecule has 0 fully saturated rings. The molecule has 1 amide bonds. The lowest BCUT2D eigenvalue weighted by Gasteiger charge is -2.12. The molecule has 26 heavy (non-hydrogen) atoms. The van der Waals surface area contributed by atoms with Crippen LogP contribution in [-0.2, 0) is 0 Å². The lowest BCUT2D eigenvalue weighted by molar-refractivity contribution is 0.102. The quantitative estimate of drug-likeness (QED) is 0.702. The number of carbonyl (C=O) groups excluding carboxylic acids is 1. The number of hydrogen-bond acceptors (Lipinski definition) is 6. The van der Waals surface area contributed by atoms with Crippen LogP contribution in [0.2, 0.25) is 0 Å². The predicted molar refractivity (Wildman–Crippen MR) is 95.9 cm³/mol. The molecule has 134 valence electrons. The Bertz CT molecular complexity index is 880. The van der Waals surface area contributed by atoms with Crippen molar-refractivity contribution in [2.75, 3.05) is 18.5 Å². The van der Waals surface area contributed by atoms with Gasteiger partial charge in [0.2, 0.25) is 0 Å². The fourth-order valence-corrected chi connectivity index (χ4v) is 2.33. The Morgan fingerprint density at radius 1 is 1.12 bits per heavy atom. The third-order valence-electron chi connectivity index (χ3n) is 3.47. The van der Waals surface area contributed by atoms with Crippen LogP contribution in [0.3, 0.4) is 0 Å². The van der Waals surface area contributed by atoms with E-state index >= 15 is 0 Å². The van der Waals surface area contributed by atoms with E-state index in [1.54, 1.807) is 47.6 Å². The molecule has 0 saturated heterocycles. The van der Waals surface area contributed by atoms with Gasteiger partial charge in [-0.2, -0.15) is 0 Å². The van der Waals surface area contributed by atoms with Gasteiger partial charge in [-0.25, -0.2) is 15.0 Å². The number of carbonyl (C=O) groups is 1. The highest BCUT2D eigenvalue weighted by atomic mass is 16.5. The second kappa shape index (κ2) is 8.11. The second-order valence-electron chi connectivity index (χ2n) is 5.21. The van der Waals surface area contributed by atoms with Crippen molar-refractivity contribution in [3.8, 4) is 17.3 Å². The number of hydrogen-bond donors (Lipinski definition) is 1. The lowest BCUT2D eigenvalue weighted by Crippen LogP contribution is -2.14. The Balaban J connectivity index is 1.79. The zero-order valence-corrected chi connectivity index (χ0v) is 14.5. The van der Waals surface area contributed by atoms with Crippen LogP contribution in [0.15, 0.2) is 49.3 Å². The molecule has 1 aromatic carbocycles. The summed E-state index contributed by atoms with van der Waals surface area (Å²) in [4.78, 5) is 24.8. The lowest BCUT2D eigenvalue weighted by atomic mass is 10.2. The number of amides is 1. The maximum Gasteiger partial charge on any atom is 0.256 e. The molecular formula is C18H19N5O3. The molecule has 0 bridgehead atoms. The summed E-state index contributed by atoms with van der Waals surface area (Å²) in [5.41, 5.74) is 0.444. The highest BCUT2D eigenvalue weighted by Gasteiger charge is 2.13. The first kappa shape index (κ1) is 17.4. The van der Waals surface area contributed by atoms with Crippen LogP contribution in [0.4, 0.5) is 5.82 Å². The van der Waals surface area contributed by atoms with E-state index in [1.165, 1.54) is 6.33 Å². The topological polar surface area (TPSA) is 91.2 Å². The molecule has 1 N–H and O–H groups in total. The highest BCUT2D eigenvalue weighted by molar-refractivity contribution is 6.04. The van der Waals surface area contributed by atoms with Gasteiger partial charge in [0.25, 0.3) is 5.91 Å². The predicted octanol–water partition coefficient (Wildman–Crippen LogP) is 2.71. The molecule has 8 nitrogen and oxygen atoms in total. The van der Waals surface area contributed by atoms with Crippen molar-refractivity contribution in [2.24, 2.45) is 0 Å². The minimum absolute atomic E-state index is 0.302. The van der Waals surface area contributed by atoms with Crippen LogP contribution in [0, 0.1) is 0 Å². The molecule has 0 atom stereocenters. The Kier molecular flexibility index (Phi) is 5.43. The van der Waals surface area contributed by atoms with E-state index in [4.69, 9.17) is 9.47 Å². The zero-order chi connectivity index (χ0) is 18.4. The number of aromatic nitrogens is 4. The Labute approximate surface area is 150 Å². The van der Waals surface area contributed by atoms with Gasteiger partial charge in [-0.05, 0) is 32.0 Å². The Hall–Kier alpha value is -3.42. The summed E-state index contributed by atoms with van der Waals surface area (Å²) >= 11 is 0. The summed E-state index contributed by atoms with van der Waals surface area (Å²) in [7, 11) is 0. The fourth-order valence-electron chi connectivity index (χ4n) is 2.33. The zero-order valence-electron chi connectivity index (χ0n) is 14.5. The summed E-state index contributed by atoms with van der Waals surface area (Å²) < 4.78 is 12.8. The molecule has 2 aromatic heterocycles. The van der Waals surface area contributed by atoms with Gasteiger partial charge in [0.05, 0.1) is 13.2 Å². The van der Waals surface area contributed by atoms with Crippen molar-refractivity contribution < 1.29 is 14.3 Å². The first-order valence-electron chi connectivity index (χ1n) is 8.22. The molecule has 0 aliphatic rings. The van der Waals surface area contributed by atoms with Crippen molar-refractivity contribution in [3.05, 3.63) is 54.9 Å². The monoisotopic (exact) mass is 353 g/mol. The third kappa shape index (κ3) is 3.97. The van der Waals surface area contributed by atoms with Crippen molar-refractivity contribution in [1.82, 2.24) is 19.5 Å². The number of rotatable bonds is 7. The molecule has 2 heterocycles. The number of nitrogens with zero attached hydrogens (tertiary/aromatic N) is 4. The van der Waals surface area contributed by atoms with Gasteiger partial charge in [-0.1, -0.05) is 0 Å². The van der Waals surface area contributed by atoms with Gasteiger partial charge in [0.15, 0.2) is 11.5 Å². The number of ether oxygens (including phenoxy) is 2. The van der Waals surface area contributed by atoms with E-state index < -0.39 is 0 Å². The van der Waals surface area contributed by atoms with Gasteiger partial charge in [-0.15, -0.1) is 0 Å². The molecule has 0 aliphatic heterocycles. The molecule has 3 rings (SSSR count). The van der Waals surface area contributed by atoms with E-state index in [9.17, 15) is 4.79 Å². The smallest absolute Gasteiger partial charge is 0.256 e. The minimum Gasteiger partial charge on any atom is -0.490 e. The largest absolute Gasteiger partial charge is 0.490 e. The van der Waals surface area contributed by atoms with Crippen LogP contribution in [0.5, 0.6) is 11.5 Å². The van der Waals surface area contributed by atoms with E-state index in [1.807, 2.05) is 13.8 Å². The minimum atomic E-state index is -0.302. The van der Waals surface area contributed by atoms with E-state index in [-0.39, 0.29) is 5.91 Å². The molecule has 8 heteroatoms. The maximum absolute atomic E-state index is 12.6. The Morgan fingerprint density at radius 2 is 1.92 bits per heavy atom. The molecule has 0 spiro atoms. The van der Waals surface area contributed by atoms with Crippen LogP contribution in [0.1, 0.15) is 24.2 Å². The second-order valence-corrected chi connectivity index (χ2v) is 5.21. The molecule has 0 radical (unpaired) electrons. The third-order valence-corrected chi connectivity index (χ3v) is 3.47. The summed E-state index contributed by atoms with van der Waals surface area (Å²) in [5, 5.41) is 2.76. The van der Waals surface area contributed by atoms with Gasteiger partial charge in [-0.3, -0.25) is 9.36 Å². The standard InChI is InChI=1S/C18H19N5O3/c1-3-25-14-6-5-13(9-15(14)26-4-2)18(24)22-16-10-17(21-11-20-16)23-8-7-19-12-23/h5-12H,3-4H2,1-2H3,(H,20,21,22,24). The molecule has 0 saturated carbocycles. The number of nitrogens with one attached hydrogen (secondary N) is 1. The average molecular weight is 353 g/mol. The van der Waals surface area contributed by atoms with Crippen LogP contribution in [-0.4, -0.2) is 38.6 Å². The number of imidazole rings is 1. The van der Waals surface area contributed by atoms with Crippen LogP contribution >= 0.6 is 0 Å². The number of benzene rings is 1. The SMILES string of the molecule is CCOc1ccc(C(=O)Nc2cc(-n3ccnc3)ncn2)cc1OCC. The first-order valence-corrected chi connectivity index (χ1v) is 8.22. The van der Waals surface area contributed by atoms with Gasteiger partial charge in [0.1, 0.15) is 24.3 Å². The van der Waals surface area contributed by atoms with Gasteiger partial charge < -0.3 is 14.8 Å². The summed E-state index contributed by atoms with van der Waals surface area (Å²) in [5.74, 6) is 1.83. The van der Waals surface area contributed by atoms with Crippen molar-refractivity contribution in [1.29, 1.82) is 0 Å². The van der Waals surface area contributed by atoms with Crippen LogP contribution < -0.4 is 14.8 Å². The van der Waals surface area contributed by atoms with Crippen molar-refractivity contribution in [3.63, 3.8) is 0 Å². The fraction of sp³-hybridized carbons (Fsp3) is 0.222. The molecular weight excluding hydrogens is 334 g/mol. The van der Waals surface area contributed by atoms with Crippen molar-refractivity contribution >= 4 is 11.7 Å². The van der Waals surface area contributed by atoms with E-state index in [0.29, 0.717) is 41.9 Å². The summed E-state index contributed by atoms with van der Waals surface area (Å²) in [6, 6.07) is 6.72. The Morgan fingerprint density at radius 3 is 2.65 bits per heavy atom. The van der Waals surface area contributed by atoms with Gasteiger partial charge >= 0.3 is 0 Å². The number of anilines is 1. The molecule has 0 aliphatic carbocycles. The molecule has 3 aromatic rings. The maximum atomic E-state index is 12.6. The van der Waals surface area contributed by atoms with E-state index in [2.05, 4.69) is 20.3 Å². The van der Waals surface area contributed by atoms with Crippen molar-refractivity contribution in [2.45, 2.75) is 13.8 Å². The average Bonchev–Trinajstić information content (AvgIpc) is 3.18. The summed E-state index contributed by atoms with van der Waals surface area (Å²) in [6.45, 7) is 4.76. The molecule has 0 unspecified atom stereocenters. The first-order chi connectivity index (χ1) is 12.7. The van der Waals surface area contributed by atoms with Crippen LogP contribution in [0.25, 0.3) is 5.82 Å².